The molecule has 0 radical (unpaired) electrons. The summed E-state index contributed by atoms with van der Waals surface area (Å²) in [6, 6.07) is 30.9. The van der Waals surface area contributed by atoms with Crippen molar-refractivity contribution >= 4 is 52.4 Å². The third-order valence-corrected chi connectivity index (χ3v) is 9.90. The number of rotatable bonds is 4. The first kappa shape index (κ1) is 33.0. The number of carbonyl (C=O) groups is 2. The number of nitrogens with one attached hydrogen (secondary N) is 2. The molecule has 5 nitrogen and oxygen atoms in total. The quantitative estimate of drug-likeness (QED) is 0.167. The zero-order chi connectivity index (χ0) is 34.8. The minimum Gasteiger partial charge on any atom is -0.384 e. The first-order valence-electron chi connectivity index (χ1n) is 16.8. The van der Waals surface area contributed by atoms with E-state index in [1.54, 1.807) is 18.2 Å². The van der Waals surface area contributed by atoms with E-state index in [1.165, 1.54) is 5.56 Å². The van der Waals surface area contributed by atoms with Crippen LogP contribution >= 0.6 is 11.6 Å². The largest absolute Gasteiger partial charge is 0.384 e. The number of aliphatic hydroxyl groups excluding tert-OH is 1. The first-order valence-corrected chi connectivity index (χ1v) is 17.2. The minimum atomic E-state index is -0.783. The molecule has 1 unspecified atom stereocenters. The third kappa shape index (κ3) is 6.46. The van der Waals surface area contributed by atoms with Crippen molar-refractivity contribution in [1.82, 2.24) is 0 Å². The molecule has 1 amide bonds. The highest BCUT2D eigenvalue weighted by molar-refractivity contribution is 6.30. The smallest absolute Gasteiger partial charge is 0.255 e. The Morgan fingerprint density at radius 1 is 0.800 bits per heavy atom. The number of fused-ring (bicyclic) bond motifs is 5. The zero-order valence-electron chi connectivity index (χ0n) is 28.0. The summed E-state index contributed by atoms with van der Waals surface area (Å²) >= 11 is 6.43. The molecule has 3 aliphatic rings. The molecule has 3 N–H and O–H groups in total. The van der Waals surface area contributed by atoms with Gasteiger partial charge < -0.3 is 15.7 Å². The fourth-order valence-corrected chi connectivity index (χ4v) is 7.33. The van der Waals surface area contributed by atoms with E-state index in [0.717, 1.165) is 67.2 Å². The number of hydrogen-bond donors (Lipinski definition) is 3. The van der Waals surface area contributed by atoms with Crippen LogP contribution in [0.1, 0.15) is 67.5 Å². The molecule has 0 aromatic heterocycles. The van der Waals surface area contributed by atoms with Gasteiger partial charge in [-0.25, -0.2) is 0 Å². The molecule has 5 aromatic carbocycles. The molecule has 0 fully saturated rings. The van der Waals surface area contributed by atoms with Crippen molar-refractivity contribution < 1.29 is 14.7 Å². The zero-order valence-corrected chi connectivity index (χ0v) is 28.7. The lowest BCUT2D eigenvalue weighted by Gasteiger charge is -2.23. The van der Waals surface area contributed by atoms with Crippen LogP contribution in [0.25, 0.3) is 17.7 Å². The number of halogens is 1. The number of aryl methyl sites for hydroxylation is 2. The van der Waals surface area contributed by atoms with Gasteiger partial charge in [-0.2, -0.15) is 0 Å². The van der Waals surface area contributed by atoms with Gasteiger partial charge in [0.25, 0.3) is 5.91 Å². The number of amides is 1. The number of carbonyl (C=O) groups excluding carboxylic acids is 2. The Kier molecular flexibility index (Phi) is 9.36. The molecular weight excluding hydrogens is 640 g/mol. The molecule has 1 aliphatic heterocycles. The van der Waals surface area contributed by atoms with Crippen molar-refractivity contribution in [2.75, 3.05) is 10.6 Å². The highest BCUT2D eigenvalue weighted by atomic mass is 35.5. The highest BCUT2D eigenvalue weighted by Crippen LogP contribution is 2.29. The first-order chi connectivity index (χ1) is 24.3. The standard InChI is InChI=1S/C34H28ClNO3.C10H9N/c1-19-7-3-4-8-23(19)34(39)36-21-13-14-22(20(2)17-21)33(38)28-11-5-10-26-25(28)15-16-27-24-9-6-12-30(35)29(24)18-31(37)32(26)27;1-2-7-10-9(5-1)6-3-4-8-11-10/h3-4,6-9,12-18,31,37H,5,10-11H2,1-2H3,(H,36,39);1-8,11H. The third-order valence-electron chi connectivity index (χ3n) is 9.57. The summed E-state index contributed by atoms with van der Waals surface area (Å²) < 4.78 is 0. The average Bonchev–Trinajstić information content (AvgIpc) is 3.38. The molecule has 6 heteroatoms. The number of para-hydroxylation sites is 1. The Labute approximate surface area is 296 Å². The van der Waals surface area contributed by atoms with Crippen LogP contribution in [0.2, 0.25) is 5.02 Å². The maximum atomic E-state index is 13.9. The van der Waals surface area contributed by atoms with Crippen molar-refractivity contribution in [3.05, 3.63) is 180 Å². The number of hydrogen-bond acceptors (Lipinski definition) is 4. The number of benzene rings is 5. The van der Waals surface area contributed by atoms with Crippen molar-refractivity contribution in [2.24, 2.45) is 0 Å². The van der Waals surface area contributed by atoms with Gasteiger partial charge in [-0.1, -0.05) is 84.4 Å². The SMILES string of the molecule is C1=CNc2ccccc2C=C1.Cc1ccccc1C(=O)Nc1ccc(C(=O)C2=c3ccc4c(c3CCC2)C(O)C=c2c(Cl)cccc2=4)c(C)c1. The second kappa shape index (κ2) is 14.2. The van der Waals surface area contributed by atoms with Crippen LogP contribution in [-0.2, 0) is 6.42 Å². The molecule has 0 bridgehead atoms. The number of ketones is 1. The average molecular weight is 677 g/mol. The molecule has 1 heterocycles. The van der Waals surface area contributed by atoms with Crippen LogP contribution < -0.4 is 21.1 Å². The van der Waals surface area contributed by atoms with Gasteiger partial charge in [0.05, 0.1) is 6.10 Å². The Morgan fingerprint density at radius 3 is 2.44 bits per heavy atom. The summed E-state index contributed by atoms with van der Waals surface area (Å²) in [6.07, 6.45) is 11.4. The van der Waals surface area contributed by atoms with Crippen molar-refractivity contribution in [2.45, 2.75) is 39.2 Å². The minimum absolute atomic E-state index is 0.0112. The van der Waals surface area contributed by atoms with Gasteiger partial charge >= 0.3 is 0 Å². The van der Waals surface area contributed by atoms with Gasteiger partial charge in [0.2, 0.25) is 0 Å². The Bertz CT molecular complexity index is 2460. The van der Waals surface area contributed by atoms with Gasteiger partial charge in [-0.05, 0) is 130 Å². The Hall–Kier alpha value is -5.49. The summed E-state index contributed by atoms with van der Waals surface area (Å²) in [4.78, 5) is 26.6. The van der Waals surface area contributed by atoms with Gasteiger partial charge in [0.1, 0.15) is 0 Å². The van der Waals surface area contributed by atoms with Crippen molar-refractivity contribution in [3.63, 3.8) is 0 Å². The fourth-order valence-electron chi connectivity index (χ4n) is 7.10. The molecule has 1 atom stereocenters. The monoisotopic (exact) mass is 676 g/mol. The van der Waals surface area contributed by atoms with Gasteiger partial charge in [-0.3, -0.25) is 9.59 Å². The topological polar surface area (TPSA) is 78.4 Å². The second-order valence-electron chi connectivity index (χ2n) is 12.8. The van der Waals surface area contributed by atoms with E-state index in [9.17, 15) is 14.7 Å². The van der Waals surface area contributed by atoms with E-state index in [2.05, 4.69) is 28.8 Å². The Morgan fingerprint density at radius 2 is 1.60 bits per heavy atom. The van der Waals surface area contributed by atoms with Crippen LogP contribution in [0.15, 0.2) is 115 Å². The molecule has 0 saturated heterocycles. The molecule has 248 valence electrons. The van der Waals surface area contributed by atoms with E-state index >= 15 is 0 Å². The van der Waals surface area contributed by atoms with E-state index in [1.807, 2.05) is 105 Å². The molecule has 8 rings (SSSR count). The summed E-state index contributed by atoms with van der Waals surface area (Å²) in [5.74, 6) is -0.187. The van der Waals surface area contributed by atoms with Gasteiger partial charge in [-0.15, -0.1) is 0 Å². The predicted molar refractivity (Wildman–Crippen MR) is 203 cm³/mol. The molecule has 0 saturated carbocycles. The molecule has 2 aliphatic carbocycles. The maximum Gasteiger partial charge on any atom is 0.255 e. The number of anilines is 2. The van der Waals surface area contributed by atoms with Crippen molar-refractivity contribution in [3.8, 4) is 0 Å². The summed E-state index contributed by atoms with van der Waals surface area (Å²) in [6.45, 7) is 3.80. The Balaban J connectivity index is 0.000000302. The van der Waals surface area contributed by atoms with Crippen molar-refractivity contribution in [1.29, 1.82) is 0 Å². The highest BCUT2D eigenvalue weighted by Gasteiger charge is 2.25. The predicted octanol–water partition coefficient (Wildman–Crippen LogP) is 8.33. The molecular formula is C44H37ClN2O3. The lowest BCUT2D eigenvalue weighted by atomic mass is 9.82. The molecule has 5 aromatic rings. The summed E-state index contributed by atoms with van der Waals surface area (Å²) in [7, 11) is 0. The number of Topliss-reactive ketones (excluding diaryl/α,β-unsaturated/α-hetero) is 1. The summed E-state index contributed by atoms with van der Waals surface area (Å²) in [5.41, 5.74) is 8.68. The second-order valence-corrected chi connectivity index (χ2v) is 13.2. The van der Waals surface area contributed by atoms with Crippen LogP contribution in [0.4, 0.5) is 11.4 Å². The van der Waals surface area contributed by atoms with Gasteiger partial charge in [0.15, 0.2) is 5.78 Å². The van der Waals surface area contributed by atoms with E-state index in [-0.39, 0.29) is 11.7 Å². The fraction of sp³-hybridized carbons (Fsp3) is 0.136. The number of allylic oxidation sites excluding steroid dienone is 2. The van der Waals surface area contributed by atoms with Crippen LogP contribution in [0.3, 0.4) is 0 Å². The van der Waals surface area contributed by atoms with E-state index in [4.69, 9.17) is 11.6 Å². The normalized spacial score (nSPS) is 15.0. The lowest BCUT2D eigenvalue weighted by Crippen LogP contribution is -2.27. The van der Waals surface area contributed by atoms with Gasteiger partial charge in [0, 0.05) is 39.3 Å². The number of aliphatic hydroxyl groups is 1. The van der Waals surface area contributed by atoms with E-state index < -0.39 is 6.10 Å². The lowest BCUT2D eigenvalue weighted by molar-refractivity contribution is 0.102. The van der Waals surface area contributed by atoms with Crippen LogP contribution in [-0.4, -0.2) is 16.8 Å². The molecule has 50 heavy (non-hydrogen) atoms. The van der Waals surface area contributed by atoms with E-state index in [0.29, 0.717) is 28.3 Å². The van der Waals surface area contributed by atoms with Crippen LogP contribution in [0.5, 0.6) is 0 Å². The van der Waals surface area contributed by atoms with Crippen LogP contribution in [0, 0.1) is 24.3 Å². The molecule has 0 spiro atoms. The maximum absolute atomic E-state index is 13.9. The summed E-state index contributed by atoms with van der Waals surface area (Å²) in [5, 5.41) is 21.6.